The van der Waals surface area contributed by atoms with Gasteiger partial charge in [0.25, 0.3) is 0 Å². The Morgan fingerprint density at radius 2 is 1.27 bits per heavy atom. The van der Waals surface area contributed by atoms with Crippen LogP contribution in [0.15, 0.2) is 122 Å². The molecule has 0 amide bonds. The van der Waals surface area contributed by atoms with E-state index in [2.05, 4.69) is 147 Å². The third kappa shape index (κ3) is 5.50. The molecule has 0 fully saturated rings. The number of pyridine rings is 1. The molecule has 52 heavy (non-hydrogen) atoms. The molecular weight excluding hydrogens is 820 g/mol. The van der Waals surface area contributed by atoms with Gasteiger partial charge in [0.05, 0.1) is 23.0 Å². The largest absolute Gasteiger partial charge is 2.00 e. The molecule has 0 N–H and O–H groups in total. The molecule has 9 rings (SSSR count). The number of ether oxygens (including phenoxy) is 1. The molecule has 0 saturated heterocycles. The maximum Gasteiger partial charge on any atom is 2.00 e. The van der Waals surface area contributed by atoms with E-state index in [1.54, 1.807) is 0 Å². The maximum atomic E-state index is 6.55. The number of para-hydroxylation sites is 2. The van der Waals surface area contributed by atoms with Gasteiger partial charge in [-0.05, 0) is 51.6 Å². The topological polar surface area (TPSA) is 44.9 Å². The van der Waals surface area contributed by atoms with Crippen molar-refractivity contribution in [3.8, 4) is 23.0 Å². The molecule has 258 valence electrons. The standard InChI is InChI=1S/C46H38N4O.Pt/c1-45(2,3)36-13-11-14-37(46(4,5)6)44(36)49-28-48-43-39(49)24-20-30-18-17-29-19-21-31(26-35(29)42(30)43)51-32-22-23-34-33-12-7-8-15-38(33)50(40(34)27-32)41-16-9-10-25-47-41;/h7-25,28H,1-6H3;/q-2;+2. The number of nitrogens with zero attached hydrogens (tertiary/aromatic N) is 4. The zero-order valence-electron chi connectivity index (χ0n) is 30.1. The summed E-state index contributed by atoms with van der Waals surface area (Å²) in [6.07, 6.45) is 3.81. The Hall–Kier alpha value is -5.25. The molecule has 0 aliphatic rings. The van der Waals surface area contributed by atoms with Gasteiger partial charge in [-0.1, -0.05) is 125 Å². The quantitative estimate of drug-likeness (QED) is 0.131. The number of aromatic nitrogens is 4. The van der Waals surface area contributed by atoms with Crippen LogP contribution in [0.3, 0.4) is 0 Å². The predicted molar refractivity (Wildman–Crippen MR) is 210 cm³/mol. The summed E-state index contributed by atoms with van der Waals surface area (Å²) >= 11 is 0. The first-order valence-corrected chi connectivity index (χ1v) is 17.5. The van der Waals surface area contributed by atoms with E-state index in [0.29, 0.717) is 11.5 Å². The van der Waals surface area contributed by atoms with Gasteiger partial charge in [-0.2, -0.15) is 6.07 Å². The Labute approximate surface area is 318 Å². The van der Waals surface area contributed by atoms with E-state index in [1.807, 2.05) is 42.9 Å². The van der Waals surface area contributed by atoms with Crippen LogP contribution in [-0.2, 0) is 31.9 Å². The second-order valence-corrected chi connectivity index (χ2v) is 15.4. The number of hydrogen-bond donors (Lipinski definition) is 0. The molecule has 0 unspecified atom stereocenters. The fraction of sp³-hybridized carbons (Fsp3) is 0.174. The van der Waals surface area contributed by atoms with Crippen molar-refractivity contribution in [2.45, 2.75) is 52.4 Å². The van der Waals surface area contributed by atoms with E-state index in [1.165, 1.54) is 16.8 Å². The normalized spacial score (nSPS) is 12.3. The molecular formula is C46H38N4OPt. The number of benzene rings is 6. The SMILES string of the molecule is CC(C)(C)c1cccc(C(C)(C)C)c1-n1cnc2c3c(ccc4ccc(Oc5[c-]c6c(cc5)c5ccccc5n6-c5ccccn5)[c-]c43)ccc21.[Pt+2]. The minimum Gasteiger partial charge on any atom is -0.503 e. The van der Waals surface area contributed by atoms with E-state index < -0.39 is 0 Å². The smallest absolute Gasteiger partial charge is 0.503 e. The first kappa shape index (κ1) is 33.9. The summed E-state index contributed by atoms with van der Waals surface area (Å²) in [6.45, 7) is 13.7. The van der Waals surface area contributed by atoms with Crippen molar-refractivity contribution in [1.29, 1.82) is 0 Å². The van der Waals surface area contributed by atoms with Gasteiger partial charge < -0.3 is 9.30 Å². The Bertz CT molecular complexity index is 2770. The van der Waals surface area contributed by atoms with E-state index >= 15 is 0 Å². The van der Waals surface area contributed by atoms with Crippen molar-refractivity contribution >= 4 is 54.4 Å². The molecule has 6 aromatic carbocycles. The van der Waals surface area contributed by atoms with Gasteiger partial charge in [0.2, 0.25) is 0 Å². The summed E-state index contributed by atoms with van der Waals surface area (Å²) < 4.78 is 11.0. The Balaban J connectivity index is 0.00000387. The Morgan fingerprint density at radius 3 is 2.02 bits per heavy atom. The van der Waals surface area contributed by atoms with Crippen LogP contribution >= 0.6 is 0 Å². The van der Waals surface area contributed by atoms with Crippen LogP contribution in [-0.4, -0.2) is 19.1 Å². The van der Waals surface area contributed by atoms with Gasteiger partial charge in [0.1, 0.15) is 5.82 Å². The van der Waals surface area contributed by atoms with E-state index in [9.17, 15) is 0 Å². The predicted octanol–water partition coefficient (Wildman–Crippen LogP) is 11.8. The third-order valence-corrected chi connectivity index (χ3v) is 9.94. The van der Waals surface area contributed by atoms with Gasteiger partial charge in [-0.15, -0.1) is 40.4 Å². The molecule has 0 spiro atoms. The molecule has 5 nitrogen and oxygen atoms in total. The zero-order chi connectivity index (χ0) is 35.1. The monoisotopic (exact) mass is 857 g/mol. The van der Waals surface area contributed by atoms with Crippen LogP contribution in [0.2, 0.25) is 0 Å². The zero-order valence-corrected chi connectivity index (χ0v) is 32.3. The number of imidazole rings is 1. The molecule has 0 aliphatic carbocycles. The number of hydrogen-bond acceptors (Lipinski definition) is 3. The van der Waals surface area contributed by atoms with Crippen molar-refractivity contribution in [3.63, 3.8) is 0 Å². The van der Waals surface area contributed by atoms with E-state index in [-0.39, 0.29) is 31.9 Å². The van der Waals surface area contributed by atoms with Gasteiger partial charge in [-0.3, -0.25) is 4.57 Å². The van der Waals surface area contributed by atoms with Crippen LogP contribution in [0.4, 0.5) is 0 Å². The second kappa shape index (κ2) is 12.5. The minimum absolute atomic E-state index is 0. The van der Waals surface area contributed by atoms with Crippen LogP contribution in [0, 0.1) is 12.1 Å². The summed E-state index contributed by atoms with van der Waals surface area (Å²) in [5.41, 5.74) is 7.70. The van der Waals surface area contributed by atoms with Crippen LogP contribution < -0.4 is 4.74 Å². The van der Waals surface area contributed by atoms with Gasteiger partial charge in [0, 0.05) is 23.2 Å². The number of rotatable bonds is 4. The Morgan fingerprint density at radius 1 is 0.596 bits per heavy atom. The van der Waals surface area contributed by atoms with Crippen LogP contribution in [0.1, 0.15) is 52.7 Å². The molecule has 0 saturated carbocycles. The minimum atomic E-state index is -0.0528. The molecule has 6 heteroatoms. The van der Waals surface area contributed by atoms with Crippen LogP contribution in [0.5, 0.6) is 11.5 Å². The fourth-order valence-electron chi connectivity index (χ4n) is 7.54. The fourth-order valence-corrected chi connectivity index (χ4v) is 7.54. The van der Waals surface area contributed by atoms with Gasteiger partial charge in [-0.25, -0.2) is 9.97 Å². The van der Waals surface area contributed by atoms with E-state index in [0.717, 1.165) is 60.2 Å². The van der Waals surface area contributed by atoms with Gasteiger partial charge in [0.15, 0.2) is 0 Å². The van der Waals surface area contributed by atoms with Crippen molar-refractivity contribution < 1.29 is 25.8 Å². The first-order chi connectivity index (χ1) is 24.6. The molecule has 3 aromatic heterocycles. The molecule has 0 atom stereocenters. The molecule has 0 bridgehead atoms. The summed E-state index contributed by atoms with van der Waals surface area (Å²) in [5.74, 6) is 2.07. The summed E-state index contributed by atoms with van der Waals surface area (Å²) in [6, 6.07) is 45.2. The summed E-state index contributed by atoms with van der Waals surface area (Å²) in [7, 11) is 0. The number of fused-ring (bicyclic) bond motifs is 8. The average molecular weight is 858 g/mol. The second-order valence-electron chi connectivity index (χ2n) is 15.4. The van der Waals surface area contributed by atoms with Crippen LogP contribution in [0.25, 0.3) is 65.9 Å². The molecule has 9 aromatic rings. The summed E-state index contributed by atoms with van der Waals surface area (Å²) in [5, 5.41) is 6.48. The summed E-state index contributed by atoms with van der Waals surface area (Å²) in [4.78, 5) is 9.78. The molecule has 0 radical (unpaired) electrons. The average Bonchev–Trinajstić information content (AvgIpc) is 3.70. The van der Waals surface area contributed by atoms with Crippen molar-refractivity contribution in [3.05, 3.63) is 145 Å². The Kier molecular flexibility index (Phi) is 8.11. The molecule has 3 heterocycles. The van der Waals surface area contributed by atoms with Crippen molar-refractivity contribution in [2.24, 2.45) is 0 Å². The third-order valence-electron chi connectivity index (χ3n) is 9.94. The molecule has 0 aliphatic heterocycles. The first-order valence-electron chi connectivity index (χ1n) is 17.5. The van der Waals surface area contributed by atoms with Gasteiger partial charge >= 0.3 is 21.1 Å². The van der Waals surface area contributed by atoms with Crippen molar-refractivity contribution in [2.75, 3.05) is 0 Å². The van der Waals surface area contributed by atoms with E-state index in [4.69, 9.17) is 9.72 Å². The van der Waals surface area contributed by atoms with Crippen molar-refractivity contribution in [1.82, 2.24) is 19.1 Å². The maximum absolute atomic E-state index is 6.55.